The molecule has 0 aromatic heterocycles. The number of nitrogens with one attached hydrogen (secondary N) is 1. The van der Waals surface area contributed by atoms with Gasteiger partial charge in [0.05, 0.1) is 14.2 Å². The van der Waals surface area contributed by atoms with E-state index in [-0.39, 0.29) is 41.6 Å². The van der Waals surface area contributed by atoms with Crippen LogP contribution < -0.4 is 19.5 Å². The summed E-state index contributed by atoms with van der Waals surface area (Å²) in [5.41, 5.74) is 0.300. The third-order valence-electron chi connectivity index (χ3n) is 3.68. The number of benzene rings is 1. The molecule has 2 rings (SSSR count). The van der Waals surface area contributed by atoms with Gasteiger partial charge < -0.3 is 24.4 Å². The fourth-order valence-electron chi connectivity index (χ4n) is 2.52. The Labute approximate surface area is 145 Å². The van der Waals surface area contributed by atoms with E-state index in [2.05, 4.69) is 10.1 Å². The molecule has 0 spiro atoms. The van der Waals surface area contributed by atoms with Gasteiger partial charge in [0, 0.05) is 31.2 Å². The van der Waals surface area contributed by atoms with Crippen LogP contribution in [0, 0.1) is 0 Å². The SMILES string of the molecule is COc1cc(C(=O)N2CCNC[C@@H]2C)cc(OC)c1OC(F)F.Cl. The first-order valence-electron chi connectivity index (χ1n) is 7.20. The van der Waals surface area contributed by atoms with Crippen LogP contribution in [0.5, 0.6) is 17.2 Å². The molecule has 1 atom stereocenters. The maximum Gasteiger partial charge on any atom is 0.387 e. The number of ether oxygens (including phenoxy) is 3. The van der Waals surface area contributed by atoms with Gasteiger partial charge in [0.25, 0.3) is 5.91 Å². The molecule has 0 aliphatic carbocycles. The van der Waals surface area contributed by atoms with Crippen molar-refractivity contribution in [3.63, 3.8) is 0 Å². The summed E-state index contributed by atoms with van der Waals surface area (Å²) in [7, 11) is 2.63. The second kappa shape index (κ2) is 8.89. The van der Waals surface area contributed by atoms with Gasteiger partial charge in [-0.05, 0) is 19.1 Å². The van der Waals surface area contributed by atoms with Crippen molar-refractivity contribution >= 4 is 18.3 Å². The van der Waals surface area contributed by atoms with Gasteiger partial charge in [0.2, 0.25) is 5.75 Å². The quantitative estimate of drug-likeness (QED) is 0.865. The molecule has 1 heterocycles. The Bertz CT molecular complexity index is 549. The van der Waals surface area contributed by atoms with Crippen molar-refractivity contribution in [2.24, 2.45) is 0 Å². The third-order valence-corrected chi connectivity index (χ3v) is 3.68. The molecule has 1 aromatic rings. The highest BCUT2D eigenvalue weighted by Crippen LogP contribution is 2.39. The number of carbonyl (C=O) groups excluding carboxylic acids is 1. The molecule has 0 radical (unpaired) electrons. The number of hydrogen-bond acceptors (Lipinski definition) is 5. The van der Waals surface area contributed by atoms with E-state index in [9.17, 15) is 13.6 Å². The van der Waals surface area contributed by atoms with Gasteiger partial charge in [-0.15, -0.1) is 12.4 Å². The zero-order valence-corrected chi connectivity index (χ0v) is 14.5. The summed E-state index contributed by atoms with van der Waals surface area (Å²) in [5.74, 6) is -0.388. The van der Waals surface area contributed by atoms with Crippen molar-refractivity contribution in [2.75, 3.05) is 33.9 Å². The van der Waals surface area contributed by atoms with Crippen LogP contribution in [-0.2, 0) is 0 Å². The molecule has 1 aromatic carbocycles. The molecule has 1 amide bonds. The Kier molecular flexibility index (Phi) is 7.50. The molecule has 1 aliphatic rings. The summed E-state index contributed by atoms with van der Waals surface area (Å²) in [5, 5.41) is 3.20. The highest BCUT2D eigenvalue weighted by Gasteiger charge is 2.27. The number of hydrogen-bond donors (Lipinski definition) is 1. The minimum absolute atomic E-state index is 0. The zero-order valence-electron chi connectivity index (χ0n) is 13.7. The summed E-state index contributed by atoms with van der Waals surface area (Å²) in [6, 6.07) is 2.81. The number of carbonyl (C=O) groups is 1. The van der Waals surface area contributed by atoms with Crippen LogP contribution in [0.3, 0.4) is 0 Å². The van der Waals surface area contributed by atoms with Crippen LogP contribution in [0.2, 0.25) is 0 Å². The molecule has 0 bridgehead atoms. The smallest absolute Gasteiger partial charge is 0.387 e. The van der Waals surface area contributed by atoms with Crippen LogP contribution in [0.1, 0.15) is 17.3 Å². The Morgan fingerprint density at radius 3 is 2.33 bits per heavy atom. The second-order valence-corrected chi connectivity index (χ2v) is 5.14. The fourth-order valence-corrected chi connectivity index (χ4v) is 2.52. The van der Waals surface area contributed by atoms with Gasteiger partial charge in [-0.1, -0.05) is 0 Å². The monoisotopic (exact) mass is 366 g/mol. The molecule has 24 heavy (non-hydrogen) atoms. The number of nitrogens with zero attached hydrogens (tertiary/aromatic N) is 1. The molecular formula is C15H21ClF2N2O4. The Morgan fingerprint density at radius 1 is 1.29 bits per heavy atom. The van der Waals surface area contributed by atoms with Crippen molar-refractivity contribution in [1.29, 1.82) is 0 Å². The lowest BCUT2D eigenvalue weighted by Crippen LogP contribution is -2.52. The predicted octanol–water partition coefficient (Wildman–Crippen LogP) is 2.16. The van der Waals surface area contributed by atoms with E-state index in [1.165, 1.54) is 26.4 Å². The number of rotatable bonds is 5. The van der Waals surface area contributed by atoms with Crippen LogP contribution in [0.25, 0.3) is 0 Å². The minimum Gasteiger partial charge on any atom is -0.493 e. The van der Waals surface area contributed by atoms with E-state index in [1.807, 2.05) is 6.92 Å². The number of piperazine rings is 1. The van der Waals surface area contributed by atoms with Gasteiger partial charge in [-0.2, -0.15) is 8.78 Å². The Balaban J connectivity index is 0.00000288. The molecule has 1 fully saturated rings. The molecular weight excluding hydrogens is 346 g/mol. The van der Waals surface area contributed by atoms with Crippen LogP contribution in [-0.4, -0.2) is 57.3 Å². The first-order chi connectivity index (χ1) is 11.0. The van der Waals surface area contributed by atoms with E-state index < -0.39 is 6.61 Å². The number of alkyl halides is 2. The van der Waals surface area contributed by atoms with Gasteiger partial charge in [-0.3, -0.25) is 4.79 Å². The summed E-state index contributed by atoms with van der Waals surface area (Å²) < 4.78 is 39.7. The van der Waals surface area contributed by atoms with Crippen molar-refractivity contribution in [3.8, 4) is 17.2 Å². The van der Waals surface area contributed by atoms with Crippen LogP contribution in [0.15, 0.2) is 12.1 Å². The molecule has 6 nitrogen and oxygen atoms in total. The minimum atomic E-state index is -3.02. The van der Waals surface area contributed by atoms with Crippen LogP contribution in [0.4, 0.5) is 8.78 Å². The first kappa shape index (κ1) is 20.2. The lowest BCUT2D eigenvalue weighted by atomic mass is 10.1. The standard InChI is InChI=1S/C15H20F2N2O4.ClH/c1-9-8-18-4-5-19(9)14(20)10-6-11(21-2)13(23-15(16)17)12(7-10)22-3;/h6-7,9,15,18H,4-5,8H2,1-3H3;1H/t9-;/m0./s1. The van der Waals surface area contributed by atoms with E-state index in [0.29, 0.717) is 25.2 Å². The van der Waals surface area contributed by atoms with Crippen molar-refractivity contribution < 1.29 is 27.8 Å². The fraction of sp³-hybridized carbons (Fsp3) is 0.533. The summed E-state index contributed by atoms with van der Waals surface area (Å²) >= 11 is 0. The molecule has 1 aliphatic heterocycles. The number of halogens is 3. The summed E-state index contributed by atoms with van der Waals surface area (Å²) in [4.78, 5) is 14.4. The van der Waals surface area contributed by atoms with Gasteiger partial charge in [0.15, 0.2) is 11.5 Å². The van der Waals surface area contributed by atoms with E-state index in [4.69, 9.17) is 9.47 Å². The molecule has 1 N–H and O–H groups in total. The molecule has 0 saturated carbocycles. The van der Waals surface area contributed by atoms with E-state index in [1.54, 1.807) is 4.90 Å². The highest BCUT2D eigenvalue weighted by molar-refractivity contribution is 5.96. The lowest BCUT2D eigenvalue weighted by molar-refractivity contribution is -0.0526. The maximum atomic E-state index is 12.7. The van der Waals surface area contributed by atoms with Gasteiger partial charge in [0.1, 0.15) is 0 Å². The lowest BCUT2D eigenvalue weighted by Gasteiger charge is -2.34. The number of amides is 1. The third kappa shape index (κ3) is 4.39. The largest absolute Gasteiger partial charge is 0.493 e. The van der Waals surface area contributed by atoms with E-state index >= 15 is 0 Å². The maximum absolute atomic E-state index is 12.7. The summed E-state index contributed by atoms with van der Waals surface area (Å²) in [6.45, 7) is 0.892. The molecule has 9 heteroatoms. The Morgan fingerprint density at radius 2 is 1.88 bits per heavy atom. The zero-order chi connectivity index (χ0) is 17.0. The topological polar surface area (TPSA) is 60.0 Å². The normalized spacial score (nSPS) is 17.2. The second-order valence-electron chi connectivity index (χ2n) is 5.14. The average Bonchev–Trinajstić information content (AvgIpc) is 2.54. The van der Waals surface area contributed by atoms with E-state index in [0.717, 1.165) is 0 Å². The number of methoxy groups -OCH3 is 2. The molecule has 0 unspecified atom stereocenters. The summed E-state index contributed by atoms with van der Waals surface area (Å²) in [6.07, 6.45) is 0. The average molecular weight is 367 g/mol. The van der Waals surface area contributed by atoms with Crippen molar-refractivity contribution in [3.05, 3.63) is 17.7 Å². The predicted molar refractivity (Wildman–Crippen MR) is 86.8 cm³/mol. The molecule has 136 valence electrons. The van der Waals surface area contributed by atoms with Gasteiger partial charge in [-0.25, -0.2) is 0 Å². The van der Waals surface area contributed by atoms with Gasteiger partial charge >= 0.3 is 6.61 Å². The Hall–Kier alpha value is -1.80. The first-order valence-corrected chi connectivity index (χ1v) is 7.20. The molecule has 1 saturated heterocycles. The van der Waals surface area contributed by atoms with Crippen molar-refractivity contribution in [2.45, 2.75) is 19.6 Å². The highest BCUT2D eigenvalue weighted by atomic mass is 35.5. The van der Waals surface area contributed by atoms with Crippen molar-refractivity contribution in [1.82, 2.24) is 10.2 Å². The van der Waals surface area contributed by atoms with Crippen LogP contribution >= 0.6 is 12.4 Å².